The summed E-state index contributed by atoms with van der Waals surface area (Å²) in [6.45, 7) is 1.10. The molecule has 26 heavy (non-hydrogen) atoms. The lowest BCUT2D eigenvalue weighted by Crippen LogP contribution is -2.28. The zero-order valence-electron chi connectivity index (χ0n) is 13.5. The molecule has 0 saturated heterocycles. The van der Waals surface area contributed by atoms with Gasteiger partial charge in [0.2, 0.25) is 11.8 Å². The van der Waals surface area contributed by atoms with Gasteiger partial charge in [0.15, 0.2) is 0 Å². The topological polar surface area (TPSA) is 92.3 Å². The monoisotopic (exact) mass is 412 g/mol. The molecular formula is C17H14Cl2N2O4S. The van der Waals surface area contributed by atoms with E-state index in [2.05, 4.69) is 5.32 Å². The zero-order chi connectivity index (χ0) is 19.3. The third-order valence-electron chi connectivity index (χ3n) is 3.08. The molecular weight excluding hydrogens is 399 g/mol. The number of sulfonamides is 1. The van der Waals surface area contributed by atoms with E-state index in [0.29, 0.717) is 21.3 Å². The van der Waals surface area contributed by atoms with Gasteiger partial charge in [-0.3, -0.25) is 9.59 Å². The van der Waals surface area contributed by atoms with Crippen molar-refractivity contribution in [3.05, 3.63) is 64.1 Å². The maximum Gasteiger partial charge on any atom is 0.264 e. The van der Waals surface area contributed by atoms with Gasteiger partial charge < -0.3 is 5.32 Å². The van der Waals surface area contributed by atoms with E-state index in [1.807, 2.05) is 4.72 Å². The van der Waals surface area contributed by atoms with Gasteiger partial charge in [-0.1, -0.05) is 29.3 Å². The average molecular weight is 413 g/mol. The molecule has 0 aliphatic carbocycles. The minimum absolute atomic E-state index is 0.0861. The van der Waals surface area contributed by atoms with Crippen LogP contribution in [0.5, 0.6) is 0 Å². The lowest BCUT2D eigenvalue weighted by atomic mass is 10.2. The first kappa shape index (κ1) is 20.0. The number of halogens is 2. The standard InChI is InChI=1S/C17H14Cl2N2O4S/c1-11(22)21-26(24,25)14-6-4-13(5-7-14)20-17(23)9-3-12-2-8-15(18)16(19)10-12/h2-10H,1H3,(H,20,23)(H,21,22). The second-order valence-corrected chi connectivity index (χ2v) is 7.68. The van der Waals surface area contributed by atoms with E-state index in [-0.39, 0.29) is 4.90 Å². The van der Waals surface area contributed by atoms with E-state index in [9.17, 15) is 18.0 Å². The van der Waals surface area contributed by atoms with E-state index in [4.69, 9.17) is 23.2 Å². The maximum absolute atomic E-state index is 11.9. The highest BCUT2D eigenvalue weighted by Gasteiger charge is 2.15. The quantitative estimate of drug-likeness (QED) is 0.735. The Bertz CT molecular complexity index is 971. The molecule has 0 aliphatic rings. The van der Waals surface area contributed by atoms with Gasteiger partial charge in [0, 0.05) is 18.7 Å². The van der Waals surface area contributed by atoms with Crippen molar-refractivity contribution >= 4 is 56.8 Å². The van der Waals surface area contributed by atoms with Gasteiger partial charge in [0.1, 0.15) is 0 Å². The number of hydrogen-bond acceptors (Lipinski definition) is 4. The smallest absolute Gasteiger partial charge is 0.264 e. The fraction of sp³-hybridized carbons (Fsp3) is 0.0588. The third-order valence-corrected chi connectivity index (χ3v) is 5.27. The molecule has 0 aromatic heterocycles. The second-order valence-electron chi connectivity index (χ2n) is 5.18. The fourth-order valence-corrected chi connectivity index (χ4v) is 3.23. The van der Waals surface area contributed by atoms with Crippen LogP contribution in [0.15, 0.2) is 53.4 Å². The molecule has 0 radical (unpaired) electrons. The summed E-state index contributed by atoms with van der Waals surface area (Å²) in [5.74, 6) is -1.09. The highest BCUT2D eigenvalue weighted by atomic mass is 35.5. The van der Waals surface area contributed by atoms with Crippen molar-refractivity contribution in [2.24, 2.45) is 0 Å². The van der Waals surface area contributed by atoms with Crippen molar-refractivity contribution in [3.8, 4) is 0 Å². The van der Waals surface area contributed by atoms with Crippen LogP contribution in [0.25, 0.3) is 6.08 Å². The molecule has 0 heterocycles. The van der Waals surface area contributed by atoms with E-state index in [1.54, 1.807) is 24.3 Å². The summed E-state index contributed by atoms with van der Waals surface area (Å²) in [6, 6.07) is 10.3. The highest BCUT2D eigenvalue weighted by molar-refractivity contribution is 7.90. The number of rotatable bonds is 5. The first-order valence-electron chi connectivity index (χ1n) is 7.25. The number of nitrogens with one attached hydrogen (secondary N) is 2. The Morgan fingerprint density at radius 1 is 1.00 bits per heavy atom. The van der Waals surface area contributed by atoms with Crippen LogP contribution in [0.2, 0.25) is 10.0 Å². The third kappa shape index (κ3) is 5.59. The van der Waals surface area contributed by atoms with Gasteiger partial charge in [-0.2, -0.15) is 0 Å². The Hall–Kier alpha value is -2.35. The molecule has 136 valence electrons. The summed E-state index contributed by atoms with van der Waals surface area (Å²) >= 11 is 11.7. The number of amides is 2. The van der Waals surface area contributed by atoms with Crippen LogP contribution in [0.4, 0.5) is 5.69 Å². The molecule has 0 saturated carbocycles. The molecule has 2 rings (SSSR count). The lowest BCUT2D eigenvalue weighted by molar-refractivity contribution is -0.117. The molecule has 2 N–H and O–H groups in total. The summed E-state index contributed by atoms with van der Waals surface area (Å²) in [7, 11) is -3.91. The number of hydrogen-bond donors (Lipinski definition) is 2. The molecule has 0 fully saturated rings. The lowest BCUT2D eigenvalue weighted by Gasteiger charge is -2.06. The molecule has 2 aromatic rings. The summed E-state index contributed by atoms with van der Waals surface area (Å²) in [6.07, 6.45) is 2.87. The Morgan fingerprint density at radius 3 is 2.23 bits per heavy atom. The largest absolute Gasteiger partial charge is 0.323 e. The number of benzene rings is 2. The normalized spacial score (nSPS) is 11.3. The van der Waals surface area contributed by atoms with Gasteiger partial charge in [-0.15, -0.1) is 0 Å². The Balaban J connectivity index is 2.04. The first-order chi connectivity index (χ1) is 12.2. The van der Waals surface area contributed by atoms with Gasteiger partial charge in [0.25, 0.3) is 10.0 Å². The first-order valence-corrected chi connectivity index (χ1v) is 9.49. The molecule has 6 nitrogen and oxygen atoms in total. The van der Waals surface area contributed by atoms with Crippen LogP contribution in [0, 0.1) is 0 Å². The number of carbonyl (C=O) groups is 2. The van der Waals surface area contributed by atoms with Crippen LogP contribution in [-0.4, -0.2) is 20.2 Å². The van der Waals surface area contributed by atoms with Crippen LogP contribution < -0.4 is 10.0 Å². The van der Waals surface area contributed by atoms with Crippen molar-refractivity contribution in [1.82, 2.24) is 4.72 Å². The van der Waals surface area contributed by atoms with Crippen molar-refractivity contribution in [2.75, 3.05) is 5.32 Å². The van der Waals surface area contributed by atoms with Crippen LogP contribution >= 0.6 is 23.2 Å². The molecule has 0 bridgehead atoms. The highest BCUT2D eigenvalue weighted by Crippen LogP contribution is 2.23. The van der Waals surface area contributed by atoms with Gasteiger partial charge in [0.05, 0.1) is 14.9 Å². The molecule has 9 heteroatoms. The summed E-state index contributed by atoms with van der Waals surface area (Å²) in [5.41, 5.74) is 1.10. The Kier molecular flexibility index (Phi) is 6.42. The summed E-state index contributed by atoms with van der Waals surface area (Å²) in [4.78, 5) is 22.7. The van der Waals surface area contributed by atoms with Gasteiger partial charge in [-0.25, -0.2) is 13.1 Å². The van der Waals surface area contributed by atoms with Crippen molar-refractivity contribution in [1.29, 1.82) is 0 Å². The van der Waals surface area contributed by atoms with E-state index in [1.165, 1.54) is 30.3 Å². The van der Waals surface area contributed by atoms with E-state index >= 15 is 0 Å². The zero-order valence-corrected chi connectivity index (χ0v) is 15.8. The molecule has 0 spiro atoms. The van der Waals surface area contributed by atoms with Crippen molar-refractivity contribution < 1.29 is 18.0 Å². The van der Waals surface area contributed by atoms with Crippen LogP contribution in [0.1, 0.15) is 12.5 Å². The average Bonchev–Trinajstić information content (AvgIpc) is 2.55. The Labute approximate surface area is 160 Å². The maximum atomic E-state index is 11.9. The SMILES string of the molecule is CC(=O)NS(=O)(=O)c1ccc(NC(=O)C=Cc2ccc(Cl)c(Cl)c2)cc1. The number of anilines is 1. The number of carbonyl (C=O) groups excluding carboxylic acids is 2. The van der Waals surface area contributed by atoms with Gasteiger partial charge in [-0.05, 0) is 48.0 Å². The molecule has 0 unspecified atom stereocenters. The van der Waals surface area contributed by atoms with Crippen molar-refractivity contribution in [2.45, 2.75) is 11.8 Å². The molecule has 2 amide bonds. The van der Waals surface area contributed by atoms with E-state index in [0.717, 1.165) is 6.92 Å². The van der Waals surface area contributed by atoms with E-state index < -0.39 is 21.8 Å². The predicted molar refractivity (Wildman–Crippen MR) is 102 cm³/mol. The van der Waals surface area contributed by atoms with Crippen LogP contribution in [0.3, 0.4) is 0 Å². The second kappa shape index (κ2) is 8.35. The van der Waals surface area contributed by atoms with Crippen LogP contribution in [-0.2, 0) is 19.6 Å². The molecule has 2 aromatic carbocycles. The minimum Gasteiger partial charge on any atom is -0.323 e. The predicted octanol–water partition coefficient (Wildman–Crippen LogP) is 3.47. The molecule has 0 atom stereocenters. The van der Waals surface area contributed by atoms with Gasteiger partial charge >= 0.3 is 0 Å². The fourth-order valence-electron chi connectivity index (χ4n) is 1.94. The summed E-state index contributed by atoms with van der Waals surface area (Å²) < 4.78 is 25.5. The summed E-state index contributed by atoms with van der Waals surface area (Å²) in [5, 5.41) is 3.39. The molecule has 0 aliphatic heterocycles. The van der Waals surface area contributed by atoms with Crippen molar-refractivity contribution in [3.63, 3.8) is 0 Å². The minimum atomic E-state index is -3.91. The Morgan fingerprint density at radius 2 is 1.65 bits per heavy atom.